The molecule has 0 saturated carbocycles. The van der Waals surface area contributed by atoms with Crippen LogP contribution in [0.15, 0.2) is 5.16 Å². The van der Waals surface area contributed by atoms with Gasteiger partial charge in [0.2, 0.25) is 0 Å². The molecular weight excluding hydrogens is 120 g/mol. The first-order chi connectivity index (χ1) is 4.31. The van der Waals surface area contributed by atoms with Gasteiger partial charge in [0.05, 0.1) is 0 Å². The largest absolute Gasteiger partial charge is 0.411 e. The van der Waals surface area contributed by atoms with Crippen molar-refractivity contribution in [2.45, 2.75) is 13.3 Å². The highest BCUT2D eigenvalue weighted by atomic mass is 16.4. The van der Waals surface area contributed by atoms with Crippen molar-refractivity contribution in [2.75, 3.05) is 6.54 Å². The van der Waals surface area contributed by atoms with E-state index in [1.54, 1.807) is 0 Å². The predicted octanol–water partition coefficient (Wildman–Crippen LogP) is -0.0274. The van der Waals surface area contributed by atoms with Crippen LogP contribution in [0.1, 0.15) is 13.3 Å². The van der Waals surface area contributed by atoms with Gasteiger partial charge in [0.1, 0.15) is 6.21 Å². The van der Waals surface area contributed by atoms with Crippen molar-refractivity contribution in [3.05, 3.63) is 0 Å². The van der Waals surface area contributed by atoms with E-state index in [-0.39, 0.29) is 5.91 Å². The summed E-state index contributed by atoms with van der Waals surface area (Å²) in [6.07, 6.45) is 1.71. The highest BCUT2D eigenvalue weighted by Crippen LogP contribution is 1.68. The van der Waals surface area contributed by atoms with E-state index in [1.165, 1.54) is 0 Å². The molecule has 4 nitrogen and oxygen atoms in total. The second-order valence-corrected chi connectivity index (χ2v) is 1.54. The molecule has 0 unspecified atom stereocenters. The van der Waals surface area contributed by atoms with Crippen LogP contribution in [0.2, 0.25) is 0 Å². The number of nitrogens with one attached hydrogen (secondary N) is 1. The Hall–Kier alpha value is -1.06. The van der Waals surface area contributed by atoms with Crippen LogP contribution in [0.25, 0.3) is 0 Å². The molecule has 0 aromatic carbocycles. The molecule has 0 aliphatic carbocycles. The molecule has 0 aliphatic rings. The number of rotatable bonds is 3. The first-order valence-corrected chi connectivity index (χ1v) is 2.76. The van der Waals surface area contributed by atoms with Crippen LogP contribution in [0.5, 0.6) is 0 Å². The molecule has 0 radical (unpaired) electrons. The Labute approximate surface area is 53.6 Å². The lowest BCUT2D eigenvalue weighted by atomic mass is 10.5. The molecule has 4 heteroatoms. The standard InChI is InChI=1S/C5H10N2O2/c1-2-3-6-5(8)4-7-9/h4,9H,2-3H2,1H3,(H,6,8)/b7-4+. The van der Waals surface area contributed by atoms with Gasteiger partial charge in [-0.1, -0.05) is 12.1 Å². The minimum absolute atomic E-state index is 0.362. The van der Waals surface area contributed by atoms with E-state index in [2.05, 4.69) is 10.5 Å². The van der Waals surface area contributed by atoms with Crippen molar-refractivity contribution in [3.8, 4) is 0 Å². The Morgan fingerprint density at radius 2 is 2.56 bits per heavy atom. The Kier molecular flexibility index (Phi) is 4.49. The number of nitrogens with zero attached hydrogens (tertiary/aromatic N) is 1. The predicted molar refractivity (Wildman–Crippen MR) is 33.6 cm³/mol. The van der Waals surface area contributed by atoms with Gasteiger partial charge in [-0.25, -0.2) is 0 Å². The average molecular weight is 130 g/mol. The summed E-state index contributed by atoms with van der Waals surface area (Å²) in [7, 11) is 0. The first-order valence-electron chi connectivity index (χ1n) is 2.76. The smallest absolute Gasteiger partial charge is 0.265 e. The molecule has 0 spiro atoms. The molecule has 52 valence electrons. The number of hydrogen-bond donors (Lipinski definition) is 2. The third-order valence-corrected chi connectivity index (χ3v) is 0.724. The lowest BCUT2D eigenvalue weighted by Crippen LogP contribution is -2.24. The minimum atomic E-state index is -0.362. The molecule has 0 rings (SSSR count). The maximum atomic E-state index is 10.4. The average Bonchev–Trinajstić information content (AvgIpc) is 1.85. The van der Waals surface area contributed by atoms with Crippen molar-refractivity contribution in [1.29, 1.82) is 0 Å². The van der Waals surface area contributed by atoms with Crippen molar-refractivity contribution >= 4 is 12.1 Å². The molecule has 0 fully saturated rings. The Morgan fingerprint density at radius 3 is 3.00 bits per heavy atom. The molecule has 9 heavy (non-hydrogen) atoms. The summed E-state index contributed by atoms with van der Waals surface area (Å²) in [4.78, 5) is 10.4. The van der Waals surface area contributed by atoms with E-state index >= 15 is 0 Å². The molecule has 0 aromatic heterocycles. The molecule has 0 atom stereocenters. The molecule has 0 aliphatic heterocycles. The number of carbonyl (C=O) groups excluding carboxylic acids is 1. The molecule has 1 amide bonds. The molecule has 0 heterocycles. The third-order valence-electron chi connectivity index (χ3n) is 0.724. The quantitative estimate of drug-likeness (QED) is 0.320. The summed E-state index contributed by atoms with van der Waals surface area (Å²) in [6, 6.07) is 0. The molecular formula is C5H10N2O2. The van der Waals surface area contributed by atoms with Gasteiger partial charge >= 0.3 is 0 Å². The summed E-state index contributed by atoms with van der Waals surface area (Å²) < 4.78 is 0. The Bertz CT molecular complexity index is 112. The van der Waals surface area contributed by atoms with Crippen LogP contribution in [-0.2, 0) is 4.79 Å². The van der Waals surface area contributed by atoms with Gasteiger partial charge in [0.15, 0.2) is 0 Å². The van der Waals surface area contributed by atoms with Crippen molar-refractivity contribution in [1.82, 2.24) is 5.32 Å². The summed E-state index contributed by atoms with van der Waals surface area (Å²) in [5.41, 5.74) is 0. The zero-order valence-electron chi connectivity index (χ0n) is 5.29. The maximum absolute atomic E-state index is 10.4. The SMILES string of the molecule is CCCNC(=O)/C=N/O. The van der Waals surface area contributed by atoms with Gasteiger partial charge in [-0.3, -0.25) is 4.79 Å². The van der Waals surface area contributed by atoms with E-state index < -0.39 is 0 Å². The normalized spacial score (nSPS) is 9.89. The topological polar surface area (TPSA) is 61.7 Å². The van der Waals surface area contributed by atoms with Gasteiger partial charge in [-0.15, -0.1) is 0 Å². The van der Waals surface area contributed by atoms with Crippen molar-refractivity contribution < 1.29 is 10.0 Å². The van der Waals surface area contributed by atoms with Crippen LogP contribution >= 0.6 is 0 Å². The summed E-state index contributed by atoms with van der Waals surface area (Å²) in [5.74, 6) is -0.362. The zero-order chi connectivity index (χ0) is 7.11. The fraction of sp³-hybridized carbons (Fsp3) is 0.600. The van der Waals surface area contributed by atoms with Gasteiger partial charge in [-0.05, 0) is 6.42 Å². The highest BCUT2D eigenvalue weighted by molar-refractivity contribution is 6.25. The van der Waals surface area contributed by atoms with Crippen LogP contribution in [-0.4, -0.2) is 23.9 Å². The minimum Gasteiger partial charge on any atom is -0.411 e. The molecule has 2 N–H and O–H groups in total. The lowest BCUT2D eigenvalue weighted by Gasteiger charge is -1.94. The number of oxime groups is 1. The lowest BCUT2D eigenvalue weighted by molar-refractivity contribution is -0.114. The highest BCUT2D eigenvalue weighted by Gasteiger charge is 1.90. The summed E-state index contributed by atoms with van der Waals surface area (Å²) in [6.45, 7) is 2.56. The van der Waals surface area contributed by atoms with Gasteiger partial charge in [-0.2, -0.15) is 0 Å². The Morgan fingerprint density at radius 1 is 1.89 bits per heavy atom. The van der Waals surface area contributed by atoms with Gasteiger partial charge < -0.3 is 10.5 Å². The molecule has 0 bridgehead atoms. The van der Waals surface area contributed by atoms with Gasteiger partial charge in [0, 0.05) is 6.54 Å². The molecule has 0 aromatic rings. The van der Waals surface area contributed by atoms with Crippen molar-refractivity contribution in [3.63, 3.8) is 0 Å². The van der Waals surface area contributed by atoms with E-state index in [4.69, 9.17) is 5.21 Å². The van der Waals surface area contributed by atoms with Crippen molar-refractivity contribution in [2.24, 2.45) is 5.16 Å². The van der Waals surface area contributed by atoms with Crippen LogP contribution in [0.3, 0.4) is 0 Å². The fourth-order valence-corrected chi connectivity index (χ4v) is 0.346. The second-order valence-electron chi connectivity index (χ2n) is 1.54. The second kappa shape index (κ2) is 5.08. The third kappa shape index (κ3) is 4.80. The van der Waals surface area contributed by atoms with Gasteiger partial charge in [0.25, 0.3) is 5.91 Å². The van der Waals surface area contributed by atoms with E-state index in [9.17, 15) is 4.79 Å². The number of carbonyl (C=O) groups is 1. The number of amides is 1. The monoisotopic (exact) mass is 130 g/mol. The summed E-state index contributed by atoms with van der Waals surface area (Å²) in [5, 5.41) is 12.9. The van der Waals surface area contributed by atoms with E-state index in [0.29, 0.717) is 6.54 Å². The number of hydrogen-bond acceptors (Lipinski definition) is 3. The van der Waals surface area contributed by atoms with E-state index in [0.717, 1.165) is 12.6 Å². The maximum Gasteiger partial charge on any atom is 0.265 e. The molecule has 0 saturated heterocycles. The Balaban J connectivity index is 3.27. The van der Waals surface area contributed by atoms with Crippen LogP contribution < -0.4 is 5.32 Å². The van der Waals surface area contributed by atoms with E-state index in [1.807, 2.05) is 6.92 Å². The van der Waals surface area contributed by atoms with Crippen LogP contribution in [0.4, 0.5) is 0 Å². The first kappa shape index (κ1) is 7.94. The summed E-state index contributed by atoms with van der Waals surface area (Å²) >= 11 is 0. The zero-order valence-corrected chi connectivity index (χ0v) is 5.29. The van der Waals surface area contributed by atoms with Crippen LogP contribution in [0, 0.1) is 0 Å². The fourth-order valence-electron chi connectivity index (χ4n) is 0.346.